The Morgan fingerprint density at radius 2 is 1.27 bits per heavy atom. The number of carbonyl (C=O) groups is 1. The lowest BCUT2D eigenvalue weighted by Crippen LogP contribution is -1.90. The summed E-state index contributed by atoms with van der Waals surface area (Å²) in [6, 6.07) is 10.7. The van der Waals surface area contributed by atoms with Crippen molar-refractivity contribution < 1.29 is 24.1 Å². The first-order valence-electron chi connectivity index (χ1n) is 8.00. The second-order valence-corrected chi connectivity index (χ2v) is 5.49. The summed E-state index contributed by atoms with van der Waals surface area (Å²) in [7, 11) is 4.70. The zero-order valence-corrected chi connectivity index (χ0v) is 15.1. The number of aliphatic hydroxyl groups is 1. The maximum Gasteiger partial charge on any atom is 0.178 e. The van der Waals surface area contributed by atoms with Crippen LogP contribution in [0.2, 0.25) is 0 Å². The molecule has 0 saturated carbocycles. The van der Waals surface area contributed by atoms with E-state index in [0.717, 1.165) is 16.7 Å². The average molecular weight is 354 g/mol. The summed E-state index contributed by atoms with van der Waals surface area (Å²) in [6.45, 7) is -0.0937. The minimum absolute atomic E-state index is 0.0937. The topological polar surface area (TPSA) is 65.0 Å². The van der Waals surface area contributed by atoms with E-state index in [1.165, 1.54) is 12.2 Å². The molecule has 26 heavy (non-hydrogen) atoms. The summed E-state index contributed by atoms with van der Waals surface area (Å²) < 4.78 is 15.6. The van der Waals surface area contributed by atoms with E-state index in [0.29, 0.717) is 17.2 Å². The van der Waals surface area contributed by atoms with E-state index >= 15 is 0 Å². The Morgan fingerprint density at radius 1 is 0.808 bits per heavy atom. The maximum absolute atomic E-state index is 12.1. The first-order valence-corrected chi connectivity index (χ1v) is 8.00. The molecule has 0 fully saturated rings. The van der Waals surface area contributed by atoms with Gasteiger partial charge in [-0.15, -0.1) is 0 Å². The maximum atomic E-state index is 12.1. The molecule has 0 atom stereocenters. The van der Waals surface area contributed by atoms with Crippen molar-refractivity contribution in [2.24, 2.45) is 0 Å². The fourth-order valence-electron chi connectivity index (χ4n) is 2.33. The van der Waals surface area contributed by atoms with Crippen LogP contribution in [0.5, 0.6) is 17.2 Å². The molecule has 0 aliphatic carbocycles. The Morgan fingerprint density at radius 3 is 1.73 bits per heavy atom. The highest BCUT2D eigenvalue weighted by atomic mass is 16.5. The molecule has 0 aliphatic rings. The molecule has 0 radical (unpaired) electrons. The van der Waals surface area contributed by atoms with Crippen molar-refractivity contribution in [2.75, 3.05) is 21.3 Å². The summed E-state index contributed by atoms with van der Waals surface area (Å²) in [5, 5.41) is 9.28. The lowest BCUT2D eigenvalue weighted by Gasteiger charge is -2.05. The fourth-order valence-corrected chi connectivity index (χ4v) is 2.33. The highest BCUT2D eigenvalue weighted by Gasteiger charge is 2.01. The molecular formula is C21H22O5. The highest BCUT2D eigenvalue weighted by molar-refractivity contribution is 6.04. The van der Waals surface area contributed by atoms with Crippen LogP contribution in [0.4, 0.5) is 0 Å². The molecule has 0 aromatic heterocycles. The van der Waals surface area contributed by atoms with Gasteiger partial charge < -0.3 is 19.3 Å². The van der Waals surface area contributed by atoms with Crippen LogP contribution in [0.1, 0.15) is 16.7 Å². The molecule has 0 aliphatic heterocycles. The van der Waals surface area contributed by atoms with Crippen LogP contribution in [0.25, 0.3) is 12.2 Å². The fraction of sp³-hybridized carbons (Fsp3) is 0.190. The predicted octanol–water partition coefficient (Wildman–Crippen LogP) is 3.50. The number of ketones is 1. The molecule has 0 spiro atoms. The third-order valence-corrected chi connectivity index (χ3v) is 3.66. The lowest BCUT2D eigenvalue weighted by molar-refractivity contribution is -0.110. The average Bonchev–Trinajstić information content (AvgIpc) is 2.69. The minimum atomic E-state index is -0.167. The van der Waals surface area contributed by atoms with Crippen LogP contribution in [-0.2, 0) is 11.4 Å². The highest BCUT2D eigenvalue weighted by Crippen LogP contribution is 2.23. The van der Waals surface area contributed by atoms with Gasteiger partial charge in [-0.25, -0.2) is 0 Å². The number of methoxy groups -OCH3 is 3. The Hall–Kier alpha value is -3.05. The van der Waals surface area contributed by atoms with Gasteiger partial charge in [-0.3, -0.25) is 4.79 Å². The van der Waals surface area contributed by atoms with Crippen molar-refractivity contribution >= 4 is 17.9 Å². The molecule has 5 heteroatoms. The largest absolute Gasteiger partial charge is 0.497 e. The van der Waals surface area contributed by atoms with Crippen molar-refractivity contribution in [1.29, 1.82) is 0 Å². The molecule has 136 valence electrons. The van der Waals surface area contributed by atoms with Crippen LogP contribution in [0.3, 0.4) is 0 Å². The van der Waals surface area contributed by atoms with Crippen molar-refractivity contribution in [3.8, 4) is 17.2 Å². The van der Waals surface area contributed by atoms with Crippen molar-refractivity contribution in [3.05, 3.63) is 65.2 Å². The Balaban J connectivity index is 2.13. The number of benzene rings is 2. The first kappa shape index (κ1) is 19.3. The number of hydrogen-bond acceptors (Lipinski definition) is 5. The molecule has 0 saturated heterocycles. The Labute approximate surface area is 153 Å². The smallest absolute Gasteiger partial charge is 0.178 e. The number of aliphatic hydroxyl groups excluding tert-OH is 1. The minimum Gasteiger partial charge on any atom is -0.497 e. The number of ether oxygens (including phenoxy) is 3. The summed E-state index contributed by atoms with van der Waals surface area (Å²) in [5.74, 6) is 1.77. The van der Waals surface area contributed by atoms with Gasteiger partial charge in [-0.2, -0.15) is 0 Å². The molecule has 2 aromatic carbocycles. The Kier molecular flexibility index (Phi) is 7.00. The summed E-state index contributed by atoms with van der Waals surface area (Å²) in [6.07, 6.45) is 6.31. The van der Waals surface area contributed by atoms with E-state index in [4.69, 9.17) is 14.2 Å². The van der Waals surface area contributed by atoms with E-state index in [1.807, 2.05) is 12.1 Å². The van der Waals surface area contributed by atoms with E-state index in [-0.39, 0.29) is 12.4 Å². The summed E-state index contributed by atoms with van der Waals surface area (Å²) in [5.41, 5.74) is 2.29. The van der Waals surface area contributed by atoms with Gasteiger partial charge in [-0.05, 0) is 59.2 Å². The summed E-state index contributed by atoms with van der Waals surface area (Å²) >= 11 is 0. The monoisotopic (exact) mass is 354 g/mol. The van der Waals surface area contributed by atoms with Gasteiger partial charge in [0.1, 0.15) is 17.2 Å². The number of carbonyl (C=O) groups excluding carboxylic acids is 1. The van der Waals surface area contributed by atoms with Crippen molar-refractivity contribution in [1.82, 2.24) is 0 Å². The molecule has 0 amide bonds. The first-order chi connectivity index (χ1) is 12.6. The van der Waals surface area contributed by atoms with Gasteiger partial charge in [0, 0.05) is 6.07 Å². The number of hydrogen-bond donors (Lipinski definition) is 1. The molecule has 0 heterocycles. The van der Waals surface area contributed by atoms with E-state index in [1.54, 1.807) is 57.7 Å². The van der Waals surface area contributed by atoms with Crippen LogP contribution in [0.15, 0.2) is 48.6 Å². The second kappa shape index (κ2) is 9.44. The van der Waals surface area contributed by atoms with Gasteiger partial charge >= 0.3 is 0 Å². The zero-order valence-electron chi connectivity index (χ0n) is 15.1. The normalized spacial score (nSPS) is 11.1. The van der Waals surface area contributed by atoms with Crippen molar-refractivity contribution in [2.45, 2.75) is 6.61 Å². The summed E-state index contributed by atoms with van der Waals surface area (Å²) in [4.78, 5) is 12.1. The quantitative estimate of drug-likeness (QED) is 0.735. The van der Waals surface area contributed by atoms with Gasteiger partial charge in [0.2, 0.25) is 0 Å². The van der Waals surface area contributed by atoms with Crippen LogP contribution < -0.4 is 14.2 Å². The van der Waals surface area contributed by atoms with E-state index in [9.17, 15) is 9.90 Å². The Bertz CT molecular complexity index is 709. The van der Waals surface area contributed by atoms with E-state index in [2.05, 4.69) is 0 Å². The van der Waals surface area contributed by atoms with Gasteiger partial charge in [0.05, 0.1) is 27.9 Å². The molecular weight excluding hydrogens is 332 g/mol. The standard InChI is InChI=1S/C21H22O5/c1-24-19-9-15(8-17(12-19)14-22)4-6-18(23)7-5-16-10-20(25-2)13-21(11-16)26-3/h4-13,22H,14H2,1-3H3/b6-4+,7-5+. The van der Waals surface area contributed by atoms with Crippen LogP contribution in [-0.4, -0.2) is 32.2 Å². The molecule has 1 N–H and O–H groups in total. The molecule has 2 aromatic rings. The lowest BCUT2D eigenvalue weighted by atomic mass is 10.1. The molecule has 0 unspecified atom stereocenters. The van der Waals surface area contributed by atoms with Gasteiger partial charge in [-0.1, -0.05) is 12.2 Å². The van der Waals surface area contributed by atoms with Gasteiger partial charge in [0.25, 0.3) is 0 Å². The number of rotatable bonds is 8. The zero-order chi connectivity index (χ0) is 18.9. The van der Waals surface area contributed by atoms with Crippen LogP contribution >= 0.6 is 0 Å². The molecule has 2 rings (SSSR count). The van der Waals surface area contributed by atoms with Crippen molar-refractivity contribution in [3.63, 3.8) is 0 Å². The van der Waals surface area contributed by atoms with Gasteiger partial charge in [0.15, 0.2) is 5.78 Å². The third-order valence-electron chi connectivity index (χ3n) is 3.66. The third kappa shape index (κ3) is 5.50. The predicted molar refractivity (Wildman–Crippen MR) is 102 cm³/mol. The number of allylic oxidation sites excluding steroid dienone is 2. The SMILES string of the molecule is COc1cc(/C=C/C(=O)/C=C/c2cc(OC)cc(OC)c2)cc(CO)c1. The molecule has 5 nitrogen and oxygen atoms in total. The van der Waals surface area contributed by atoms with Crippen LogP contribution in [0, 0.1) is 0 Å². The van der Waals surface area contributed by atoms with E-state index < -0.39 is 0 Å². The second-order valence-electron chi connectivity index (χ2n) is 5.49. The molecule has 0 bridgehead atoms.